The van der Waals surface area contributed by atoms with Crippen LogP contribution in [0.2, 0.25) is 0 Å². The van der Waals surface area contributed by atoms with Crippen LogP contribution in [0.1, 0.15) is 12.7 Å². The van der Waals surface area contributed by atoms with Crippen molar-refractivity contribution in [3.05, 3.63) is 24.1 Å². The summed E-state index contributed by atoms with van der Waals surface area (Å²) in [5, 5.41) is 4.31. The molecule has 0 saturated carbocycles. The molecule has 74 valence electrons. The predicted molar refractivity (Wildman–Crippen MR) is 54.8 cm³/mol. The molecule has 0 fully saturated rings. The molecular formula is C10H13N3O. The third-order valence-electron chi connectivity index (χ3n) is 2.09. The molecule has 2 rings (SSSR count). The van der Waals surface area contributed by atoms with Gasteiger partial charge in [0.05, 0.1) is 5.69 Å². The average Bonchev–Trinajstić information content (AvgIpc) is 2.71. The second kappa shape index (κ2) is 3.21. The van der Waals surface area contributed by atoms with Gasteiger partial charge in [-0.15, -0.1) is 0 Å². The fourth-order valence-electron chi connectivity index (χ4n) is 1.35. The molecule has 0 amide bonds. The lowest BCUT2D eigenvalue weighted by atomic mass is 10.3. The van der Waals surface area contributed by atoms with E-state index in [4.69, 9.17) is 10.2 Å². The second-order valence-corrected chi connectivity index (χ2v) is 3.20. The molecule has 4 heteroatoms. The fraction of sp³-hybridized carbons (Fsp3) is 0.300. The molecule has 2 aromatic rings. The Labute approximate surface area is 82.3 Å². The van der Waals surface area contributed by atoms with Gasteiger partial charge in [0.1, 0.15) is 5.76 Å². The molecule has 0 saturated heterocycles. The van der Waals surface area contributed by atoms with E-state index in [1.165, 1.54) is 0 Å². The molecule has 0 aromatic carbocycles. The highest BCUT2D eigenvalue weighted by atomic mass is 16.3. The molecule has 4 nitrogen and oxygen atoms in total. The van der Waals surface area contributed by atoms with Gasteiger partial charge in [0.15, 0.2) is 11.5 Å². The van der Waals surface area contributed by atoms with Gasteiger partial charge in [-0.2, -0.15) is 5.10 Å². The largest absolute Gasteiger partial charge is 0.460 e. The summed E-state index contributed by atoms with van der Waals surface area (Å²) in [5.41, 5.74) is 7.19. The third kappa shape index (κ3) is 1.39. The minimum absolute atomic E-state index is 0.654. The maximum Gasteiger partial charge on any atom is 0.156 e. The molecule has 0 atom stereocenters. The third-order valence-corrected chi connectivity index (χ3v) is 2.09. The van der Waals surface area contributed by atoms with Crippen LogP contribution in [0, 0.1) is 6.92 Å². The summed E-state index contributed by atoms with van der Waals surface area (Å²) in [6, 6.07) is 3.79. The van der Waals surface area contributed by atoms with Crippen LogP contribution < -0.4 is 5.73 Å². The number of aryl methyl sites for hydroxylation is 2. The molecule has 0 unspecified atom stereocenters. The summed E-state index contributed by atoms with van der Waals surface area (Å²) in [5.74, 6) is 1.60. The van der Waals surface area contributed by atoms with Gasteiger partial charge in [-0.3, -0.25) is 4.68 Å². The molecule has 0 bridgehead atoms. The molecule has 2 aromatic heterocycles. The van der Waals surface area contributed by atoms with Gasteiger partial charge in [0, 0.05) is 12.7 Å². The smallest absolute Gasteiger partial charge is 0.156 e. The van der Waals surface area contributed by atoms with E-state index in [0.29, 0.717) is 5.69 Å². The Bertz CT molecular complexity index is 442. The van der Waals surface area contributed by atoms with Crippen LogP contribution in [-0.2, 0) is 6.54 Å². The maximum absolute atomic E-state index is 5.81. The topological polar surface area (TPSA) is 57.0 Å². The fourth-order valence-corrected chi connectivity index (χ4v) is 1.35. The van der Waals surface area contributed by atoms with E-state index < -0.39 is 0 Å². The molecule has 2 heterocycles. The standard InChI is InChI=1S/C10H13N3O/c1-3-13-6-8(11)10(12-13)9-5-4-7(2)14-9/h4-6H,3,11H2,1-2H3. The van der Waals surface area contributed by atoms with Crippen molar-refractivity contribution < 1.29 is 4.42 Å². The Hall–Kier alpha value is -1.71. The number of hydrogen-bond acceptors (Lipinski definition) is 3. The molecule has 0 aliphatic carbocycles. The van der Waals surface area contributed by atoms with Crippen LogP contribution in [0.4, 0.5) is 5.69 Å². The summed E-state index contributed by atoms with van der Waals surface area (Å²) in [6.45, 7) is 4.73. The van der Waals surface area contributed by atoms with Crippen LogP contribution in [0.15, 0.2) is 22.7 Å². The first-order valence-electron chi connectivity index (χ1n) is 4.60. The Morgan fingerprint density at radius 1 is 1.50 bits per heavy atom. The average molecular weight is 191 g/mol. The van der Waals surface area contributed by atoms with E-state index in [-0.39, 0.29) is 0 Å². The zero-order valence-corrected chi connectivity index (χ0v) is 8.32. The van der Waals surface area contributed by atoms with Crippen molar-refractivity contribution in [2.75, 3.05) is 5.73 Å². The highest BCUT2D eigenvalue weighted by molar-refractivity contribution is 5.67. The van der Waals surface area contributed by atoms with Gasteiger partial charge in [0.2, 0.25) is 0 Å². The molecule has 2 N–H and O–H groups in total. The SMILES string of the molecule is CCn1cc(N)c(-c2ccc(C)o2)n1. The summed E-state index contributed by atoms with van der Waals surface area (Å²) >= 11 is 0. The van der Waals surface area contributed by atoms with Crippen molar-refractivity contribution in [3.8, 4) is 11.5 Å². The van der Waals surface area contributed by atoms with Crippen molar-refractivity contribution in [1.82, 2.24) is 9.78 Å². The van der Waals surface area contributed by atoms with Crippen molar-refractivity contribution in [2.45, 2.75) is 20.4 Å². The Morgan fingerprint density at radius 3 is 2.79 bits per heavy atom. The Kier molecular flexibility index (Phi) is 2.04. The molecule has 0 radical (unpaired) electrons. The number of anilines is 1. The summed E-state index contributed by atoms with van der Waals surface area (Å²) in [7, 11) is 0. The Morgan fingerprint density at radius 2 is 2.29 bits per heavy atom. The zero-order chi connectivity index (χ0) is 10.1. The lowest BCUT2D eigenvalue weighted by Gasteiger charge is -1.92. The number of rotatable bonds is 2. The summed E-state index contributed by atoms with van der Waals surface area (Å²) < 4.78 is 7.25. The maximum atomic E-state index is 5.81. The van der Waals surface area contributed by atoms with Gasteiger partial charge in [0.25, 0.3) is 0 Å². The molecule has 0 aliphatic heterocycles. The zero-order valence-electron chi connectivity index (χ0n) is 8.32. The predicted octanol–water partition coefficient (Wildman–Crippen LogP) is 2.05. The molecular weight excluding hydrogens is 178 g/mol. The van der Waals surface area contributed by atoms with E-state index in [2.05, 4.69) is 5.10 Å². The molecule has 0 aliphatic rings. The van der Waals surface area contributed by atoms with Crippen LogP contribution >= 0.6 is 0 Å². The van der Waals surface area contributed by atoms with Crippen molar-refractivity contribution in [3.63, 3.8) is 0 Å². The van der Waals surface area contributed by atoms with Crippen LogP contribution in [-0.4, -0.2) is 9.78 Å². The first kappa shape index (κ1) is 8.87. The van der Waals surface area contributed by atoms with Gasteiger partial charge in [-0.25, -0.2) is 0 Å². The van der Waals surface area contributed by atoms with E-state index in [0.717, 1.165) is 23.8 Å². The first-order valence-corrected chi connectivity index (χ1v) is 4.60. The number of aromatic nitrogens is 2. The van der Waals surface area contributed by atoms with Crippen molar-refractivity contribution in [2.24, 2.45) is 0 Å². The number of furan rings is 1. The van der Waals surface area contributed by atoms with Gasteiger partial charge in [-0.1, -0.05) is 0 Å². The highest BCUT2D eigenvalue weighted by Gasteiger charge is 2.10. The quantitative estimate of drug-likeness (QED) is 0.790. The van der Waals surface area contributed by atoms with E-state index in [1.807, 2.05) is 32.2 Å². The summed E-state index contributed by atoms with van der Waals surface area (Å²) in [4.78, 5) is 0. The molecule has 14 heavy (non-hydrogen) atoms. The minimum atomic E-state index is 0.654. The lowest BCUT2D eigenvalue weighted by molar-refractivity contribution is 0.543. The van der Waals surface area contributed by atoms with E-state index in [9.17, 15) is 0 Å². The van der Waals surface area contributed by atoms with Crippen LogP contribution in [0.3, 0.4) is 0 Å². The second-order valence-electron chi connectivity index (χ2n) is 3.20. The number of hydrogen-bond donors (Lipinski definition) is 1. The van der Waals surface area contributed by atoms with Crippen molar-refractivity contribution in [1.29, 1.82) is 0 Å². The number of nitrogens with two attached hydrogens (primary N) is 1. The normalized spacial score (nSPS) is 10.7. The lowest BCUT2D eigenvalue weighted by Crippen LogP contribution is -1.93. The molecule has 0 spiro atoms. The van der Waals surface area contributed by atoms with Gasteiger partial charge < -0.3 is 10.2 Å². The van der Waals surface area contributed by atoms with Crippen LogP contribution in [0.5, 0.6) is 0 Å². The Balaban J connectivity index is 2.45. The van der Waals surface area contributed by atoms with Crippen molar-refractivity contribution >= 4 is 5.69 Å². The van der Waals surface area contributed by atoms with Crippen LogP contribution in [0.25, 0.3) is 11.5 Å². The summed E-state index contributed by atoms with van der Waals surface area (Å²) in [6.07, 6.45) is 1.81. The minimum Gasteiger partial charge on any atom is -0.460 e. The van der Waals surface area contributed by atoms with Gasteiger partial charge >= 0.3 is 0 Å². The van der Waals surface area contributed by atoms with Gasteiger partial charge in [-0.05, 0) is 26.0 Å². The first-order chi connectivity index (χ1) is 6.70. The van der Waals surface area contributed by atoms with E-state index in [1.54, 1.807) is 4.68 Å². The van der Waals surface area contributed by atoms with E-state index >= 15 is 0 Å². The highest BCUT2D eigenvalue weighted by Crippen LogP contribution is 2.25. The number of nitrogen functional groups attached to an aromatic ring is 1. The number of nitrogens with zero attached hydrogens (tertiary/aromatic N) is 2. The monoisotopic (exact) mass is 191 g/mol.